The molecule has 0 aromatic heterocycles. The van der Waals surface area contributed by atoms with Gasteiger partial charge < -0.3 is 15.8 Å². The molecule has 1 amide bonds. The monoisotopic (exact) mass is 188 g/mol. The van der Waals surface area contributed by atoms with Gasteiger partial charge in [-0.15, -0.1) is 0 Å². The molecule has 0 radical (unpaired) electrons. The van der Waals surface area contributed by atoms with Gasteiger partial charge in [0.15, 0.2) is 0 Å². The summed E-state index contributed by atoms with van der Waals surface area (Å²) in [5.41, 5.74) is 4.52. The number of hydrogen-bond acceptors (Lipinski definition) is 4. The maximum absolute atomic E-state index is 11.3. The predicted molar refractivity (Wildman–Crippen MR) is 47.9 cm³/mol. The molecule has 5 heteroatoms. The van der Waals surface area contributed by atoms with Gasteiger partial charge >= 0.3 is 5.97 Å². The van der Waals surface area contributed by atoms with E-state index >= 15 is 0 Å². The molecule has 1 atom stereocenters. The second-order valence-corrected chi connectivity index (χ2v) is 3.44. The number of methoxy groups -OCH3 is 1. The van der Waals surface area contributed by atoms with Crippen molar-refractivity contribution in [3.63, 3.8) is 0 Å². The molecule has 0 aliphatic carbocycles. The van der Waals surface area contributed by atoms with Crippen molar-refractivity contribution in [1.29, 1.82) is 0 Å². The topological polar surface area (TPSA) is 81.4 Å². The molecule has 0 aromatic carbocycles. The first-order valence-electron chi connectivity index (χ1n) is 3.96. The lowest BCUT2D eigenvalue weighted by Crippen LogP contribution is -2.53. The van der Waals surface area contributed by atoms with E-state index in [1.165, 1.54) is 14.0 Å². The van der Waals surface area contributed by atoms with Crippen molar-refractivity contribution in [2.24, 2.45) is 5.73 Å². The third-order valence-corrected chi connectivity index (χ3v) is 1.49. The summed E-state index contributed by atoms with van der Waals surface area (Å²) in [6.07, 6.45) is 0. The Morgan fingerprint density at radius 1 is 1.46 bits per heavy atom. The second-order valence-electron chi connectivity index (χ2n) is 3.44. The first kappa shape index (κ1) is 11.9. The number of carbonyl (C=O) groups is 2. The van der Waals surface area contributed by atoms with E-state index in [1.54, 1.807) is 13.8 Å². The molecule has 0 aliphatic heterocycles. The van der Waals surface area contributed by atoms with Crippen molar-refractivity contribution in [1.82, 2.24) is 5.32 Å². The molecule has 0 saturated carbocycles. The summed E-state index contributed by atoms with van der Waals surface area (Å²) < 4.78 is 4.43. The molecular weight excluding hydrogens is 172 g/mol. The SMILES string of the molecule is COC(=O)[C@H](C)NC(=O)C(C)(C)N. The largest absolute Gasteiger partial charge is 0.467 e. The fourth-order valence-corrected chi connectivity index (χ4v) is 0.618. The average Bonchev–Trinajstić information content (AvgIpc) is 2.01. The fourth-order valence-electron chi connectivity index (χ4n) is 0.618. The maximum atomic E-state index is 11.3. The van der Waals surface area contributed by atoms with Crippen LogP contribution in [0.4, 0.5) is 0 Å². The van der Waals surface area contributed by atoms with Crippen LogP contribution < -0.4 is 11.1 Å². The van der Waals surface area contributed by atoms with E-state index in [4.69, 9.17) is 5.73 Å². The van der Waals surface area contributed by atoms with Crippen molar-refractivity contribution < 1.29 is 14.3 Å². The lowest BCUT2D eigenvalue weighted by molar-refractivity contribution is -0.145. The van der Waals surface area contributed by atoms with Gasteiger partial charge in [0, 0.05) is 0 Å². The fraction of sp³-hybridized carbons (Fsp3) is 0.750. The molecular formula is C8H16N2O3. The lowest BCUT2D eigenvalue weighted by atomic mass is 10.1. The van der Waals surface area contributed by atoms with E-state index in [-0.39, 0.29) is 5.91 Å². The number of rotatable bonds is 3. The molecule has 0 fully saturated rings. The predicted octanol–water partition coefficient (Wildman–Crippen LogP) is -0.599. The van der Waals surface area contributed by atoms with Crippen molar-refractivity contribution in [2.45, 2.75) is 32.4 Å². The summed E-state index contributed by atoms with van der Waals surface area (Å²) >= 11 is 0. The second kappa shape index (κ2) is 4.23. The number of amides is 1. The minimum atomic E-state index is -0.984. The van der Waals surface area contributed by atoms with Crippen LogP contribution in [0.15, 0.2) is 0 Å². The van der Waals surface area contributed by atoms with Crippen LogP contribution in [-0.2, 0) is 14.3 Å². The van der Waals surface area contributed by atoms with Gasteiger partial charge in [0.1, 0.15) is 6.04 Å². The highest BCUT2D eigenvalue weighted by Gasteiger charge is 2.25. The first-order chi connectivity index (χ1) is 5.79. The smallest absolute Gasteiger partial charge is 0.328 e. The van der Waals surface area contributed by atoms with Gasteiger partial charge in [0.25, 0.3) is 0 Å². The van der Waals surface area contributed by atoms with Crippen LogP contribution in [-0.4, -0.2) is 30.6 Å². The zero-order chi connectivity index (χ0) is 10.6. The molecule has 0 heterocycles. The van der Waals surface area contributed by atoms with E-state index in [2.05, 4.69) is 10.1 Å². The molecule has 0 spiro atoms. The van der Waals surface area contributed by atoms with Gasteiger partial charge in [0.2, 0.25) is 5.91 Å². The van der Waals surface area contributed by atoms with E-state index in [0.717, 1.165) is 0 Å². The molecule has 0 aromatic rings. The Hall–Kier alpha value is -1.10. The number of ether oxygens (including phenoxy) is 1. The highest BCUT2D eigenvalue weighted by Crippen LogP contribution is 1.97. The van der Waals surface area contributed by atoms with Gasteiger partial charge in [-0.3, -0.25) is 4.79 Å². The molecule has 0 unspecified atom stereocenters. The van der Waals surface area contributed by atoms with Crippen LogP contribution in [0.25, 0.3) is 0 Å². The van der Waals surface area contributed by atoms with Crippen LogP contribution in [0.2, 0.25) is 0 Å². The van der Waals surface area contributed by atoms with Crippen LogP contribution in [0.3, 0.4) is 0 Å². The van der Waals surface area contributed by atoms with Gasteiger partial charge in [-0.2, -0.15) is 0 Å². The highest BCUT2D eigenvalue weighted by molar-refractivity contribution is 5.89. The van der Waals surface area contributed by atoms with Crippen LogP contribution in [0.1, 0.15) is 20.8 Å². The van der Waals surface area contributed by atoms with Crippen LogP contribution in [0, 0.1) is 0 Å². The number of nitrogens with two attached hydrogens (primary N) is 1. The minimum Gasteiger partial charge on any atom is -0.467 e. The first-order valence-corrected chi connectivity index (χ1v) is 3.96. The number of nitrogens with one attached hydrogen (secondary N) is 1. The molecule has 0 saturated heterocycles. The average molecular weight is 188 g/mol. The molecule has 13 heavy (non-hydrogen) atoms. The van der Waals surface area contributed by atoms with Crippen molar-refractivity contribution >= 4 is 11.9 Å². The summed E-state index contributed by atoms with van der Waals surface area (Å²) in [5.74, 6) is -0.872. The third kappa shape index (κ3) is 3.89. The quantitative estimate of drug-likeness (QED) is 0.579. The highest BCUT2D eigenvalue weighted by atomic mass is 16.5. The Balaban J connectivity index is 4.15. The third-order valence-electron chi connectivity index (χ3n) is 1.49. The Morgan fingerprint density at radius 2 is 1.92 bits per heavy atom. The number of hydrogen-bond donors (Lipinski definition) is 2. The summed E-state index contributed by atoms with van der Waals surface area (Å²) in [6.45, 7) is 4.66. The minimum absolute atomic E-state index is 0.384. The molecule has 5 nitrogen and oxygen atoms in total. The zero-order valence-electron chi connectivity index (χ0n) is 8.38. The molecule has 3 N–H and O–H groups in total. The molecule has 0 rings (SSSR count). The summed E-state index contributed by atoms with van der Waals surface area (Å²) in [6, 6.07) is -0.666. The van der Waals surface area contributed by atoms with E-state index in [9.17, 15) is 9.59 Å². The standard InChI is InChI=1S/C8H16N2O3/c1-5(6(11)13-4)10-7(12)8(2,3)9/h5H,9H2,1-4H3,(H,10,12)/t5-/m0/s1. The van der Waals surface area contributed by atoms with Crippen LogP contribution in [0.5, 0.6) is 0 Å². The Morgan fingerprint density at radius 3 is 2.23 bits per heavy atom. The van der Waals surface area contributed by atoms with E-state index in [1.807, 2.05) is 0 Å². The Bertz CT molecular complexity index is 208. The van der Waals surface area contributed by atoms with Crippen molar-refractivity contribution in [3.05, 3.63) is 0 Å². The van der Waals surface area contributed by atoms with Gasteiger partial charge in [0.05, 0.1) is 12.6 Å². The van der Waals surface area contributed by atoms with Gasteiger partial charge in [-0.05, 0) is 20.8 Å². The summed E-state index contributed by atoms with van der Waals surface area (Å²) in [5, 5.41) is 2.43. The van der Waals surface area contributed by atoms with Crippen molar-refractivity contribution in [3.8, 4) is 0 Å². The zero-order valence-corrected chi connectivity index (χ0v) is 8.38. The molecule has 76 valence electrons. The summed E-state index contributed by atoms with van der Waals surface area (Å²) in [7, 11) is 1.26. The number of carbonyl (C=O) groups excluding carboxylic acids is 2. The molecule has 0 bridgehead atoms. The summed E-state index contributed by atoms with van der Waals surface area (Å²) in [4.78, 5) is 22.1. The normalized spacial score (nSPS) is 13.3. The van der Waals surface area contributed by atoms with Gasteiger partial charge in [-0.1, -0.05) is 0 Å². The van der Waals surface area contributed by atoms with Crippen LogP contribution >= 0.6 is 0 Å². The van der Waals surface area contributed by atoms with Gasteiger partial charge in [-0.25, -0.2) is 4.79 Å². The lowest BCUT2D eigenvalue weighted by Gasteiger charge is -2.20. The van der Waals surface area contributed by atoms with Crippen molar-refractivity contribution in [2.75, 3.05) is 7.11 Å². The van der Waals surface area contributed by atoms with E-state index < -0.39 is 17.6 Å². The molecule has 0 aliphatic rings. The van der Waals surface area contributed by atoms with E-state index in [0.29, 0.717) is 0 Å². The Kier molecular flexibility index (Phi) is 3.87. The Labute approximate surface area is 77.6 Å². The maximum Gasteiger partial charge on any atom is 0.328 e. The number of esters is 1.